The van der Waals surface area contributed by atoms with Gasteiger partial charge in [0.25, 0.3) is 8.32 Å². The second-order valence-corrected chi connectivity index (χ2v) is 10.7. The van der Waals surface area contributed by atoms with Crippen LogP contribution >= 0.6 is 0 Å². The molecule has 2 rings (SSSR count). The van der Waals surface area contributed by atoms with Gasteiger partial charge in [-0.25, -0.2) is 0 Å². The molecular formula is C20H26O2Si. The molecule has 0 atom stereocenters. The number of hydrogen-bond donors (Lipinski definition) is 2. The zero-order chi connectivity index (χ0) is 16.9. The lowest BCUT2D eigenvalue weighted by atomic mass is 10.0. The summed E-state index contributed by atoms with van der Waals surface area (Å²) in [6.45, 7) is 8.15. The minimum absolute atomic E-state index is 0.00668. The fourth-order valence-corrected chi connectivity index (χ4v) is 6.79. The molecular weight excluding hydrogens is 300 g/mol. The van der Waals surface area contributed by atoms with Gasteiger partial charge in [-0.2, -0.15) is 0 Å². The summed E-state index contributed by atoms with van der Waals surface area (Å²) in [7, 11) is -2.93. The Morgan fingerprint density at radius 2 is 1.39 bits per heavy atom. The number of benzene rings is 2. The van der Waals surface area contributed by atoms with Crippen molar-refractivity contribution in [1.29, 1.82) is 0 Å². The monoisotopic (exact) mass is 326 g/mol. The van der Waals surface area contributed by atoms with Gasteiger partial charge in [-0.05, 0) is 28.3 Å². The van der Waals surface area contributed by atoms with Gasteiger partial charge in [0.05, 0.1) is 6.61 Å². The first-order chi connectivity index (χ1) is 10.9. The molecule has 0 aromatic heterocycles. The van der Waals surface area contributed by atoms with Gasteiger partial charge < -0.3 is 9.90 Å². The molecule has 0 unspecified atom stereocenters. The zero-order valence-corrected chi connectivity index (χ0v) is 15.0. The number of aliphatic hydroxyl groups is 1. The number of aliphatic hydroxyl groups excluding tert-OH is 1. The summed E-state index contributed by atoms with van der Waals surface area (Å²) >= 11 is 0. The Kier molecular flexibility index (Phi) is 5.58. The molecule has 0 amide bonds. The lowest BCUT2D eigenvalue weighted by Crippen LogP contribution is -2.65. The summed E-state index contributed by atoms with van der Waals surface area (Å²) < 4.78 is 0. The molecule has 2 nitrogen and oxygen atoms in total. The van der Waals surface area contributed by atoms with Gasteiger partial charge in [0, 0.05) is 0 Å². The maximum atomic E-state index is 11.9. The van der Waals surface area contributed by atoms with E-state index in [1.54, 1.807) is 0 Å². The van der Waals surface area contributed by atoms with Crippen LogP contribution in [0.3, 0.4) is 0 Å². The first kappa shape index (κ1) is 17.7. The van der Waals surface area contributed by atoms with Crippen molar-refractivity contribution in [3.63, 3.8) is 0 Å². The van der Waals surface area contributed by atoms with Crippen molar-refractivity contribution in [3.05, 3.63) is 72.8 Å². The molecule has 2 N–H and O–H groups in total. The quantitative estimate of drug-likeness (QED) is 0.607. The van der Waals surface area contributed by atoms with Crippen molar-refractivity contribution in [2.45, 2.75) is 31.7 Å². The van der Waals surface area contributed by atoms with Gasteiger partial charge in [0.15, 0.2) is 0 Å². The Hall–Kier alpha value is -1.68. The van der Waals surface area contributed by atoms with Crippen molar-refractivity contribution in [3.8, 4) is 0 Å². The average molecular weight is 327 g/mol. The van der Waals surface area contributed by atoms with Crippen molar-refractivity contribution in [1.82, 2.24) is 0 Å². The minimum atomic E-state index is -2.93. The Morgan fingerprint density at radius 3 is 1.78 bits per heavy atom. The maximum absolute atomic E-state index is 11.9. The summed E-state index contributed by atoms with van der Waals surface area (Å²) in [6, 6.07) is 20.0. The molecule has 0 radical (unpaired) electrons. The topological polar surface area (TPSA) is 40.5 Å². The highest BCUT2D eigenvalue weighted by atomic mass is 28.4. The minimum Gasteiger partial charge on any atom is -0.424 e. The molecule has 0 aliphatic carbocycles. The Bertz CT molecular complexity index is 596. The summed E-state index contributed by atoms with van der Waals surface area (Å²) in [4.78, 5) is 11.9. The lowest BCUT2D eigenvalue weighted by Gasteiger charge is -2.41. The first-order valence-electron chi connectivity index (χ1n) is 8.03. The largest absolute Gasteiger partial charge is 0.424 e. The molecule has 0 saturated heterocycles. The van der Waals surface area contributed by atoms with E-state index in [1.807, 2.05) is 60.7 Å². The van der Waals surface area contributed by atoms with Crippen LogP contribution in [-0.4, -0.2) is 24.8 Å². The van der Waals surface area contributed by atoms with Crippen LogP contribution in [0.15, 0.2) is 72.8 Å². The van der Waals surface area contributed by atoms with Crippen LogP contribution in [0.1, 0.15) is 26.7 Å². The van der Waals surface area contributed by atoms with Gasteiger partial charge in [-0.3, -0.25) is 0 Å². The molecule has 0 saturated carbocycles. The van der Waals surface area contributed by atoms with Crippen LogP contribution < -0.4 is 10.4 Å². The maximum Gasteiger partial charge on any atom is 0.258 e. The van der Waals surface area contributed by atoms with E-state index < -0.39 is 8.32 Å². The molecule has 0 spiro atoms. The van der Waals surface area contributed by atoms with Gasteiger partial charge in [-0.15, -0.1) is 0 Å². The van der Waals surface area contributed by atoms with Crippen molar-refractivity contribution in [2.24, 2.45) is 0 Å². The standard InChI is InChI=1S/C20H26O2Si/c1-17(16-21)14-15-20(2,3)23(22,18-10-6-4-7-11-18)19-12-8-5-9-13-19/h4-13,21-22H,1,14-16H2,2-3H3. The number of hydrogen-bond acceptors (Lipinski definition) is 2. The van der Waals surface area contributed by atoms with Crippen LogP contribution in [0, 0.1) is 0 Å². The van der Waals surface area contributed by atoms with E-state index in [-0.39, 0.29) is 11.6 Å². The highest BCUT2D eigenvalue weighted by Gasteiger charge is 2.49. The van der Waals surface area contributed by atoms with Gasteiger partial charge in [-0.1, -0.05) is 86.7 Å². The Morgan fingerprint density at radius 1 is 0.957 bits per heavy atom. The van der Waals surface area contributed by atoms with E-state index in [1.165, 1.54) is 0 Å². The fourth-order valence-electron chi connectivity index (χ4n) is 3.06. The second-order valence-electron chi connectivity index (χ2n) is 6.73. The molecule has 0 bridgehead atoms. The van der Waals surface area contributed by atoms with Gasteiger partial charge in [0.2, 0.25) is 0 Å². The Labute approximate surface area is 140 Å². The third-order valence-electron chi connectivity index (χ3n) is 4.69. The van der Waals surface area contributed by atoms with E-state index >= 15 is 0 Å². The highest BCUT2D eigenvalue weighted by Crippen LogP contribution is 2.40. The third-order valence-corrected chi connectivity index (χ3v) is 9.24. The molecule has 0 fully saturated rings. The van der Waals surface area contributed by atoms with E-state index in [0.29, 0.717) is 0 Å². The first-order valence-corrected chi connectivity index (χ1v) is 9.97. The zero-order valence-electron chi connectivity index (χ0n) is 14.0. The molecule has 3 heteroatoms. The molecule has 0 aliphatic rings. The summed E-state index contributed by atoms with van der Waals surface area (Å²) in [6.07, 6.45) is 1.51. The second kappa shape index (κ2) is 7.26. The molecule has 122 valence electrons. The summed E-state index contributed by atoms with van der Waals surface area (Å²) in [5.74, 6) is 0. The van der Waals surface area contributed by atoms with E-state index in [0.717, 1.165) is 28.8 Å². The molecule has 0 aliphatic heterocycles. The van der Waals surface area contributed by atoms with Crippen LogP contribution in [0.5, 0.6) is 0 Å². The molecule has 0 heterocycles. The fraction of sp³-hybridized carbons (Fsp3) is 0.300. The van der Waals surface area contributed by atoms with E-state index in [9.17, 15) is 9.90 Å². The van der Waals surface area contributed by atoms with Crippen LogP contribution in [0.4, 0.5) is 0 Å². The van der Waals surface area contributed by atoms with Gasteiger partial charge >= 0.3 is 0 Å². The van der Waals surface area contributed by atoms with Crippen LogP contribution in [-0.2, 0) is 0 Å². The normalized spacial score (nSPS) is 12.2. The van der Waals surface area contributed by atoms with Crippen LogP contribution in [0.2, 0.25) is 5.04 Å². The summed E-state index contributed by atoms with van der Waals surface area (Å²) in [5, 5.41) is 11.0. The van der Waals surface area contributed by atoms with Gasteiger partial charge in [0.1, 0.15) is 0 Å². The van der Waals surface area contributed by atoms with Crippen molar-refractivity contribution in [2.75, 3.05) is 6.61 Å². The average Bonchev–Trinajstić information content (AvgIpc) is 2.60. The SMILES string of the molecule is C=C(CO)CCC(C)(C)[Si](O)(c1ccccc1)c1ccccc1. The van der Waals surface area contributed by atoms with Crippen LogP contribution in [0.25, 0.3) is 0 Å². The predicted octanol–water partition coefficient (Wildman–Crippen LogP) is 2.85. The van der Waals surface area contributed by atoms with E-state index in [4.69, 9.17) is 0 Å². The molecule has 23 heavy (non-hydrogen) atoms. The third kappa shape index (κ3) is 3.63. The Balaban J connectivity index is 2.48. The number of rotatable bonds is 7. The van der Waals surface area contributed by atoms with E-state index in [2.05, 4.69) is 20.4 Å². The highest BCUT2D eigenvalue weighted by molar-refractivity contribution is 6.98. The molecule has 2 aromatic rings. The smallest absolute Gasteiger partial charge is 0.258 e. The molecule has 2 aromatic carbocycles. The van der Waals surface area contributed by atoms with Crippen molar-refractivity contribution < 1.29 is 9.90 Å². The van der Waals surface area contributed by atoms with Crippen molar-refractivity contribution >= 4 is 18.7 Å². The lowest BCUT2D eigenvalue weighted by molar-refractivity contribution is 0.323. The predicted molar refractivity (Wildman–Crippen MR) is 99.6 cm³/mol. The summed E-state index contributed by atoms with van der Waals surface area (Å²) in [5.41, 5.74) is 0.815.